The van der Waals surface area contributed by atoms with E-state index in [9.17, 15) is 4.79 Å². The molecule has 1 aromatic heterocycles. The van der Waals surface area contributed by atoms with Crippen LogP contribution in [-0.2, 0) is 0 Å². The number of rotatable bonds is 3. The van der Waals surface area contributed by atoms with E-state index in [1.54, 1.807) is 0 Å². The first kappa shape index (κ1) is 12.3. The van der Waals surface area contributed by atoms with Crippen LogP contribution in [0.3, 0.4) is 0 Å². The number of para-hydroxylation sites is 1. The van der Waals surface area contributed by atoms with Crippen LogP contribution in [0.2, 0.25) is 0 Å². The molecular weight excluding hydrogens is 236 g/mol. The van der Waals surface area contributed by atoms with Crippen LogP contribution in [0.1, 0.15) is 36.7 Å². The molecule has 1 heterocycles. The fourth-order valence-electron chi connectivity index (χ4n) is 3.04. The maximum atomic E-state index is 12.1. The lowest BCUT2D eigenvalue weighted by molar-refractivity contribution is 0.0940. The molecule has 2 aromatic rings. The van der Waals surface area contributed by atoms with Crippen molar-refractivity contribution in [3.8, 4) is 0 Å². The van der Waals surface area contributed by atoms with E-state index >= 15 is 0 Å². The summed E-state index contributed by atoms with van der Waals surface area (Å²) in [5.74, 6) is 1.40. The summed E-state index contributed by atoms with van der Waals surface area (Å²) in [7, 11) is 0. The van der Waals surface area contributed by atoms with Crippen molar-refractivity contribution in [3.63, 3.8) is 0 Å². The third-order valence-corrected chi connectivity index (χ3v) is 4.34. The second kappa shape index (κ2) is 5.08. The first-order valence-electron chi connectivity index (χ1n) is 7.10. The summed E-state index contributed by atoms with van der Waals surface area (Å²) in [6, 6.07) is 9.88. The van der Waals surface area contributed by atoms with E-state index in [1.165, 1.54) is 19.3 Å². The van der Waals surface area contributed by atoms with Gasteiger partial charge in [0.2, 0.25) is 0 Å². The van der Waals surface area contributed by atoms with Crippen molar-refractivity contribution in [3.05, 3.63) is 36.0 Å². The standard InChI is InChI=1S/C16H20N2O/c1-11-5-4-7-13(11)10-17-16(19)15-9-12-6-2-3-8-14(12)18-15/h2-3,6,8-9,11,13,18H,4-5,7,10H2,1H3,(H,17,19). The lowest BCUT2D eigenvalue weighted by Gasteiger charge is -2.15. The molecule has 100 valence electrons. The topological polar surface area (TPSA) is 44.9 Å². The predicted octanol–water partition coefficient (Wildman–Crippen LogP) is 3.33. The Morgan fingerprint density at radius 1 is 1.37 bits per heavy atom. The monoisotopic (exact) mass is 256 g/mol. The number of aromatic amines is 1. The van der Waals surface area contributed by atoms with Gasteiger partial charge in [0.15, 0.2) is 0 Å². The molecule has 0 saturated heterocycles. The minimum Gasteiger partial charge on any atom is -0.351 e. The number of hydrogen-bond acceptors (Lipinski definition) is 1. The van der Waals surface area contributed by atoms with E-state index in [0.29, 0.717) is 11.6 Å². The quantitative estimate of drug-likeness (QED) is 0.869. The maximum absolute atomic E-state index is 12.1. The minimum atomic E-state index is 0.00954. The van der Waals surface area contributed by atoms with E-state index in [-0.39, 0.29) is 5.91 Å². The molecule has 1 aromatic carbocycles. The van der Waals surface area contributed by atoms with Crippen molar-refractivity contribution >= 4 is 16.8 Å². The average Bonchev–Trinajstić information content (AvgIpc) is 3.01. The molecule has 0 bridgehead atoms. The molecule has 0 aliphatic heterocycles. The number of H-pyrrole nitrogens is 1. The summed E-state index contributed by atoms with van der Waals surface area (Å²) in [6.45, 7) is 3.09. The van der Waals surface area contributed by atoms with Gasteiger partial charge in [-0.15, -0.1) is 0 Å². The molecule has 1 saturated carbocycles. The van der Waals surface area contributed by atoms with Gasteiger partial charge < -0.3 is 10.3 Å². The predicted molar refractivity (Wildman–Crippen MR) is 77.1 cm³/mol. The van der Waals surface area contributed by atoms with Crippen LogP contribution in [0.5, 0.6) is 0 Å². The molecular formula is C16H20N2O. The Morgan fingerprint density at radius 2 is 2.21 bits per heavy atom. The summed E-state index contributed by atoms with van der Waals surface area (Å²) in [4.78, 5) is 15.3. The summed E-state index contributed by atoms with van der Waals surface area (Å²) in [5.41, 5.74) is 1.67. The van der Waals surface area contributed by atoms with Gasteiger partial charge in [-0.25, -0.2) is 0 Å². The van der Waals surface area contributed by atoms with Crippen molar-refractivity contribution in [2.75, 3.05) is 6.54 Å². The highest BCUT2D eigenvalue weighted by molar-refractivity contribution is 5.97. The zero-order valence-corrected chi connectivity index (χ0v) is 11.3. The number of hydrogen-bond donors (Lipinski definition) is 2. The average molecular weight is 256 g/mol. The van der Waals surface area contributed by atoms with E-state index in [4.69, 9.17) is 0 Å². The summed E-state index contributed by atoms with van der Waals surface area (Å²) in [5, 5.41) is 4.15. The molecule has 0 spiro atoms. The van der Waals surface area contributed by atoms with Crippen LogP contribution in [0.15, 0.2) is 30.3 Å². The fraction of sp³-hybridized carbons (Fsp3) is 0.438. The number of benzene rings is 1. The van der Waals surface area contributed by atoms with Crippen molar-refractivity contribution < 1.29 is 4.79 Å². The van der Waals surface area contributed by atoms with Gasteiger partial charge in [-0.1, -0.05) is 38.0 Å². The van der Waals surface area contributed by atoms with E-state index in [2.05, 4.69) is 17.2 Å². The van der Waals surface area contributed by atoms with Crippen LogP contribution in [0.4, 0.5) is 0 Å². The molecule has 2 atom stereocenters. The van der Waals surface area contributed by atoms with E-state index in [1.807, 2.05) is 30.3 Å². The maximum Gasteiger partial charge on any atom is 0.267 e. The Bertz CT molecular complexity index is 554. The van der Waals surface area contributed by atoms with Crippen molar-refractivity contribution in [1.82, 2.24) is 10.3 Å². The van der Waals surface area contributed by atoms with Gasteiger partial charge in [-0.2, -0.15) is 0 Å². The molecule has 3 rings (SSSR count). The normalized spacial score (nSPS) is 22.8. The molecule has 1 amide bonds. The zero-order chi connectivity index (χ0) is 13.2. The SMILES string of the molecule is CC1CCCC1CNC(=O)c1cc2ccccc2[nH]1. The molecule has 1 fully saturated rings. The summed E-state index contributed by atoms with van der Waals surface area (Å²) >= 11 is 0. The van der Waals surface area contributed by atoms with Crippen molar-refractivity contribution in [2.24, 2.45) is 11.8 Å². The molecule has 1 aliphatic rings. The number of fused-ring (bicyclic) bond motifs is 1. The second-order valence-corrected chi connectivity index (χ2v) is 5.65. The Morgan fingerprint density at radius 3 is 2.95 bits per heavy atom. The van der Waals surface area contributed by atoms with Gasteiger partial charge in [-0.05, 0) is 30.4 Å². The highest BCUT2D eigenvalue weighted by Crippen LogP contribution is 2.30. The summed E-state index contributed by atoms with van der Waals surface area (Å²) in [6.07, 6.45) is 3.84. The van der Waals surface area contributed by atoms with Crippen LogP contribution >= 0.6 is 0 Å². The highest BCUT2D eigenvalue weighted by atomic mass is 16.1. The Hall–Kier alpha value is -1.77. The zero-order valence-electron chi connectivity index (χ0n) is 11.3. The minimum absolute atomic E-state index is 0.00954. The number of aromatic nitrogens is 1. The first-order valence-corrected chi connectivity index (χ1v) is 7.10. The smallest absolute Gasteiger partial charge is 0.267 e. The number of amides is 1. The van der Waals surface area contributed by atoms with Gasteiger partial charge in [0, 0.05) is 17.4 Å². The Labute approximate surface area is 113 Å². The van der Waals surface area contributed by atoms with E-state index < -0.39 is 0 Å². The van der Waals surface area contributed by atoms with Gasteiger partial charge in [-0.3, -0.25) is 4.79 Å². The third-order valence-electron chi connectivity index (χ3n) is 4.34. The number of carbonyl (C=O) groups excluding carboxylic acids is 1. The molecule has 0 radical (unpaired) electrons. The number of carbonyl (C=O) groups is 1. The number of nitrogens with one attached hydrogen (secondary N) is 2. The lowest BCUT2D eigenvalue weighted by Crippen LogP contribution is -2.30. The van der Waals surface area contributed by atoms with Gasteiger partial charge >= 0.3 is 0 Å². The highest BCUT2D eigenvalue weighted by Gasteiger charge is 2.23. The van der Waals surface area contributed by atoms with Crippen molar-refractivity contribution in [2.45, 2.75) is 26.2 Å². The molecule has 3 heteroatoms. The van der Waals surface area contributed by atoms with Crippen molar-refractivity contribution in [1.29, 1.82) is 0 Å². The Kier molecular flexibility index (Phi) is 3.28. The van der Waals surface area contributed by atoms with Crippen LogP contribution in [0, 0.1) is 11.8 Å². The third kappa shape index (κ3) is 2.50. The van der Waals surface area contributed by atoms with Crippen LogP contribution in [0.25, 0.3) is 10.9 Å². The lowest BCUT2D eigenvalue weighted by atomic mass is 9.98. The molecule has 2 unspecified atom stereocenters. The van der Waals surface area contributed by atoms with Gasteiger partial charge in [0.1, 0.15) is 5.69 Å². The summed E-state index contributed by atoms with van der Waals surface area (Å²) < 4.78 is 0. The molecule has 2 N–H and O–H groups in total. The van der Waals surface area contributed by atoms with Gasteiger partial charge in [0.25, 0.3) is 5.91 Å². The van der Waals surface area contributed by atoms with Crippen LogP contribution < -0.4 is 5.32 Å². The Balaban J connectivity index is 1.66. The molecule has 3 nitrogen and oxygen atoms in total. The van der Waals surface area contributed by atoms with Gasteiger partial charge in [0.05, 0.1) is 0 Å². The second-order valence-electron chi connectivity index (χ2n) is 5.65. The fourth-order valence-corrected chi connectivity index (χ4v) is 3.04. The van der Waals surface area contributed by atoms with E-state index in [0.717, 1.165) is 23.4 Å². The molecule has 1 aliphatic carbocycles. The molecule has 19 heavy (non-hydrogen) atoms. The first-order chi connectivity index (χ1) is 9.24. The van der Waals surface area contributed by atoms with Crippen LogP contribution in [-0.4, -0.2) is 17.4 Å². The largest absolute Gasteiger partial charge is 0.351 e.